The van der Waals surface area contributed by atoms with Crippen LogP contribution in [0.25, 0.3) is 5.69 Å². The van der Waals surface area contributed by atoms with Crippen molar-refractivity contribution in [2.45, 2.75) is 39.2 Å². The third-order valence-corrected chi connectivity index (χ3v) is 5.40. The molecule has 6 nitrogen and oxygen atoms in total. The zero-order valence-corrected chi connectivity index (χ0v) is 15.9. The Hall–Kier alpha value is -2.41. The van der Waals surface area contributed by atoms with Gasteiger partial charge in [-0.3, -0.25) is 15.6 Å². The van der Waals surface area contributed by atoms with Gasteiger partial charge in [-0.15, -0.1) is 0 Å². The number of aromatic nitrogens is 2. The van der Waals surface area contributed by atoms with Crippen molar-refractivity contribution in [3.8, 4) is 5.69 Å². The number of carbonyl (C=O) groups is 1. The van der Waals surface area contributed by atoms with Crippen molar-refractivity contribution in [1.82, 2.24) is 25.9 Å². The number of nitrogens with zero attached hydrogens (tertiary/aromatic N) is 2. The lowest BCUT2D eigenvalue weighted by Crippen LogP contribution is -2.52. The molecule has 26 heavy (non-hydrogen) atoms. The molecule has 1 fully saturated rings. The van der Waals surface area contributed by atoms with Crippen LogP contribution in [0.1, 0.15) is 43.5 Å². The van der Waals surface area contributed by atoms with Gasteiger partial charge in [0.25, 0.3) is 5.91 Å². The van der Waals surface area contributed by atoms with Gasteiger partial charge < -0.3 is 5.32 Å². The maximum Gasteiger partial charge on any atom is 0.272 e. The standard InChI is InChI=1S/C19H25N5OS/c1-13-7-6-10-17(14(13)2)21-19(26)23-22-18(25)15-11-20-24(12-15)16-8-4-3-5-9-16/h3-5,8-9,11-14,17H,6-7,10H2,1-2H3,(H,22,25)(H2,21,23,26)/t13-,14-,17-/m1/s1. The van der Waals surface area contributed by atoms with Crippen LogP contribution < -0.4 is 16.2 Å². The molecule has 1 aliphatic carbocycles. The highest BCUT2D eigenvalue weighted by atomic mass is 32.1. The van der Waals surface area contributed by atoms with E-state index in [0.717, 1.165) is 12.1 Å². The fourth-order valence-corrected chi connectivity index (χ4v) is 3.54. The number of thiocarbonyl (C=S) groups is 1. The van der Waals surface area contributed by atoms with Gasteiger partial charge in [0.1, 0.15) is 0 Å². The summed E-state index contributed by atoms with van der Waals surface area (Å²) in [5, 5.41) is 7.99. The quantitative estimate of drug-likeness (QED) is 0.572. The molecule has 1 saturated carbocycles. The van der Waals surface area contributed by atoms with Gasteiger partial charge in [0.15, 0.2) is 5.11 Å². The van der Waals surface area contributed by atoms with Gasteiger partial charge in [0.05, 0.1) is 17.4 Å². The summed E-state index contributed by atoms with van der Waals surface area (Å²) in [6, 6.07) is 9.99. The Morgan fingerprint density at radius 1 is 1.19 bits per heavy atom. The van der Waals surface area contributed by atoms with Gasteiger partial charge in [-0.05, 0) is 42.6 Å². The molecule has 0 bridgehead atoms. The van der Waals surface area contributed by atoms with Gasteiger partial charge in [0, 0.05) is 12.2 Å². The van der Waals surface area contributed by atoms with Crippen molar-refractivity contribution < 1.29 is 4.79 Å². The van der Waals surface area contributed by atoms with Gasteiger partial charge in [-0.25, -0.2) is 4.68 Å². The van der Waals surface area contributed by atoms with Gasteiger partial charge >= 0.3 is 0 Å². The van der Waals surface area contributed by atoms with E-state index in [1.165, 1.54) is 19.0 Å². The van der Waals surface area contributed by atoms with E-state index in [0.29, 0.717) is 28.6 Å². The first-order chi connectivity index (χ1) is 12.5. The molecule has 2 aromatic rings. The van der Waals surface area contributed by atoms with E-state index in [9.17, 15) is 4.79 Å². The van der Waals surface area contributed by atoms with E-state index < -0.39 is 0 Å². The zero-order chi connectivity index (χ0) is 18.5. The van der Waals surface area contributed by atoms with E-state index >= 15 is 0 Å². The fraction of sp³-hybridized carbons (Fsp3) is 0.421. The molecule has 7 heteroatoms. The summed E-state index contributed by atoms with van der Waals surface area (Å²) in [5.41, 5.74) is 6.79. The van der Waals surface area contributed by atoms with E-state index in [1.807, 2.05) is 30.3 Å². The predicted octanol–water partition coefficient (Wildman–Crippen LogP) is 2.81. The van der Waals surface area contributed by atoms with Crippen LogP contribution in [0.15, 0.2) is 42.7 Å². The number of hydrogen-bond acceptors (Lipinski definition) is 3. The maximum atomic E-state index is 12.3. The molecule has 0 saturated heterocycles. The smallest absolute Gasteiger partial charge is 0.272 e. The molecule has 1 aliphatic rings. The monoisotopic (exact) mass is 371 g/mol. The number of para-hydroxylation sites is 1. The molecule has 1 amide bonds. The minimum absolute atomic E-state index is 0.276. The average Bonchev–Trinajstić information content (AvgIpc) is 3.14. The largest absolute Gasteiger partial charge is 0.358 e. The molecule has 138 valence electrons. The molecular weight excluding hydrogens is 346 g/mol. The van der Waals surface area contributed by atoms with Crippen LogP contribution in [-0.2, 0) is 0 Å². The highest BCUT2D eigenvalue weighted by Gasteiger charge is 2.27. The molecule has 0 unspecified atom stereocenters. The second-order valence-electron chi connectivity index (χ2n) is 6.94. The van der Waals surface area contributed by atoms with Crippen LogP contribution >= 0.6 is 12.2 Å². The Morgan fingerprint density at radius 2 is 1.96 bits per heavy atom. The normalized spacial score (nSPS) is 22.5. The van der Waals surface area contributed by atoms with E-state index in [-0.39, 0.29) is 5.91 Å². The van der Waals surface area contributed by atoms with Gasteiger partial charge in [-0.1, -0.05) is 44.9 Å². The van der Waals surface area contributed by atoms with Gasteiger partial charge in [-0.2, -0.15) is 5.10 Å². The third kappa shape index (κ3) is 4.40. The summed E-state index contributed by atoms with van der Waals surface area (Å²) in [7, 11) is 0. The third-order valence-electron chi connectivity index (χ3n) is 5.18. The van der Waals surface area contributed by atoms with E-state index in [2.05, 4.69) is 35.1 Å². The van der Waals surface area contributed by atoms with E-state index in [1.54, 1.807) is 10.9 Å². The topological polar surface area (TPSA) is 71.0 Å². The molecule has 3 N–H and O–H groups in total. The number of carbonyl (C=O) groups excluding carboxylic acids is 1. The SMILES string of the molecule is C[C@@H]1[C@H](C)CCC[C@H]1NC(=S)NNC(=O)c1cnn(-c2ccccc2)c1. The zero-order valence-electron chi connectivity index (χ0n) is 15.1. The second kappa shape index (κ2) is 8.31. The first-order valence-corrected chi connectivity index (χ1v) is 9.42. The molecule has 1 aromatic carbocycles. The van der Waals surface area contributed by atoms with Crippen molar-refractivity contribution in [1.29, 1.82) is 0 Å². The molecule has 0 radical (unpaired) electrons. The van der Waals surface area contributed by atoms with Crippen molar-refractivity contribution in [3.63, 3.8) is 0 Å². The van der Waals surface area contributed by atoms with Crippen LogP contribution in [0.2, 0.25) is 0 Å². The average molecular weight is 372 g/mol. The molecule has 3 atom stereocenters. The van der Waals surface area contributed by atoms with Crippen LogP contribution in [0.5, 0.6) is 0 Å². The highest BCUT2D eigenvalue weighted by molar-refractivity contribution is 7.80. The first kappa shape index (κ1) is 18.4. The minimum Gasteiger partial charge on any atom is -0.358 e. The first-order valence-electron chi connectivity index (χ1n) is 9.01. The van der Waals surface area contributed by atoms with Crippen molar-refractivity contribution in [3.05, 3.63) is 48.3 Å². The minimum atomic E-state index is -0.276. The molecule has 0 aliphatic heterocycles. The lowest BCUT2D eigenvalue weighted by molar-refractivity contribution is 0.0943. The summed E-state index contributed by atoms with van der Waals surface area (Å²) in [5.74, 6) is 0.965. The lowest BCUT2D eigenvalue weighted by atomic mass is 9.78. The van der Waals surface area contributed by atoms with Crippen LogP contribution in [0.4, 0.5) is 0 Å². The predicted molar refractivity (Wildman–Crippen MR) is 106 cm³/mol. The summed E-state index contributed by atoms with van der Waals surface area (Å²) < 4.78 is 1.66. The Kier molecular flexibility index (Phi) is 5.88. The summed E-state index contributed by atoms with van der Waals surface area (Å²) >= 11 is 5.32. The van der Waals surface area contributed by atoms with Crippen LogP contribution in [-0.4, -0.2) is 26.8 Å². The second-order valence-corrected chi connectivity index (χ2v) is 7.34. The molecular formula is C19H25N5OS. The summed E-state index contributed by atoms with van der Waals surface area (Å²) in [6.07, 6.45) is 6.79. The highest BCUT2D eigenvalue weighted by Crippen LogP contribution is 2.29. The van der Waals surface area contributed by atoms with Crippen molar-refractivity contribution in [2.75, 3.05) is 0 Å². The van der Waals surface area contributed by atoms with Crippen molar-refractivity contribution in [2.24, 2.45) is 11.8 Å². The Bertz CT molecular complexity index is 760. The fourth-order valence-electron chi connectivity index (χ4n) is 3.34. The number of hydrogen-bond donors (Lipinski definition) is 3. The maximum absolute atomic E-state index is 12.3. The molecule has 1 aromatic heterocycles. The Morgan fingerprint density at radius 3 is 2.73 bits per heavy atom. The number of benzene rings is 1. The molecule has 3 rings (SSSR count). The van der Waals surface area contributed by atoms with Gasteiger partial charge in [0.2, 0.25) is 0 Å². The number of amides is 1. The lowest BCUT2D eigenvalue weighted by Gasteiger charge is -2.35. The van der Waals surface area contributed by atoms with Crippen molar-refractivity contribution >= 4 is 23.2 Å². The molecule has 1 heterocycles. The summed E-state index contributed by atoms with van der Waals surface area (Å²) in [6.45, 7) is 4.53. The Balaban J connectivity index is 1.51. The number of rotatable bonds is 3. The van der Waals surface area contributed by atoms with Crippen LogP contribution in [0.3, 0.4) is 0 Å². The number of nitrogens with one attached hydrogen (secondary N) is 3. The molecule has 0 spiro atoms. The number of hydrazine groups is 1. The van der Waals surface area contributed by atoms with E-state index in [4.69, 9.17) is 12.2 Å². The summed E-state index contributed by atoms with van der Waals surface area (Å²) in [4.78, 5) is 12.3. The van der Waals surface area contributed by atoms with Crippen LogP contribution in [0, 0.1) is 11.8 Å². The Labute approximate surface area is 159 Å².